The van der Waals surface area contributed by atoms with Crippen molar-refractivity contribution in [1.82, 2.24) is 20.6 Å². The number of hydrogen-bond acceptors (Lipinski definition) is 5. The predicted molar refractivity (Wildman–Crippen MR) is 132 cm³/mol. The van der Waals surface area contributed by atoms with Gasteiger partial charge in [0.05, 0.1) is 0 Å². The first-order valence-electron chi connectivity index (χ1n) is 12.2. The van der Waals surface area contributed by atoms with E-state index in [4.69, 9.17) is 5.21 Å². The number of likely N-dealkylation sites (tertiary alicyclic amines) is 1. The van der Waals surface area contributed by atoms with Gasteiger partial charge in [0.25, 0.3) is 11.8 Å². The summed E-state index contributed by atoms with van der Waals surface area (Å²) in [6, 6.07) is 6.27. The molecule has 0 bridgehead atoms. The lowest BCUT2D eigenvalue weighted by Gasteiger charge is -2.29. The van der Waals surface area contributed by atoms with Crippen LogP contribution in [0.25, 0.3) is 0 Å². The van der Waals surface area contributed by atoms with Crippen LogP contribution in [0.2, 0.25) is 0 Å². The molecule has 1 aliphatic carbocycles. The number of halogens is 1. The molecule has 0 saturated carbocycles. The summed E-state index contributed by atoms with van der Waals surface area (Å²) in [5, 5.41) is 12.1. The Labute approximate surface area is 209 Å². The molecule has 2 heterocycles. The van der Waals surface area contributed by atoms with Crippen molar-refractivity contribution in [2.24, 2.45) is 0 Å². The molecule has 3 amide bonds. The Balaban J connectivity index is 1.55. The highest BCUT2D eigenvalue weighted by molar-refractivity contribution is 6.01. The van der Waals surface area contributed by atoms with Gasteiger partial charge in [-0.2, -0.15) is 0 Å². The maximum Gasteiger partial charge on any atom is 0.290 e. The Morgan fingerprint density at radius 3 is 2.61 bits per heavy atom. The smallest absolute Gasteiger partial charge is 0.290 e. The summed E-state index contributed by atoms with van der Waals surface area (Å²) in [6.07, 6.45) is 8.73. The quantitative estimate of drug-likeness (QED) is 0.293. The molecule has 0 aromatic heterocycles. The molecule has 3 aliphatic rings. The van der Waals surface area contributed by atoms with E-state index in [1.165, 1.54) is 12.1 Å². The van der Waals surface area contributed by atoms with E-state index in [0.717, 1.165) is 29.7 Å². The van der Waals surface area contributed by atoms with Gasteiger partial charge >= 0.3 is 0 Å². The number of hydrogen-bond donors (Lipinski definition) is 3. The van der Waals surface area contributed by atoms with Crippen molar-refractivity contribution in [3.8, 4) is 0 Å². The molecule has 0 radical (unpaired) electrons. The lowest BCUT2D eigenvalue weighted by molar-refractivity contribution is -0.128. The predicted octanol–water partition coefficient (Wildman–Crippen LogP) is 2.38. The van der Waals surface area contributed by atoms with Gasteiger partial charge < -0.3 is 15.1 Å². The molecule has 1 fully saturated rings. The molecule has 0 atom stereocenters. The van der Waals surface area contributed by atoms with E-state index in [2.05, 4.69) is 11.4 Å². The minimum Gasteiger partial charge on any atom is -0.366 e. The molecule has 4 rings (SSSR count). The first kappa shape index (κ1) is 25.4. The molecule has 9 heteroatoms. The van der Waals surface area contributed by atoms with E-state index in [-0.39, 0.29) is 23.3 Å². The second-order valence-corrected chi connectivity index (χ2v) is 9.28. The lowest BCUT2D eigenvalue weighted by Crippen LogP contribution is -2.36. The van der Waals surface area contributed by atoms with E-state index in [0.29, 0.717) is 56.5 Å². The number of carbonyl (C=O) groups is 3. The monoisotopic (exact) mass is 494 g/mol. The number of rotatable bonds is 8. The molecule has 8 nitrogen and oxygen atoms in total. The van der Waals surface area contributed by atoms with Gasteiger partial charge in [0.1, 0.15) is 11.5 Å². The molecule has 2 aliphatic heterocycles. The summed E-state index contributed by atoms with van der Waals surface area (Å²) < 4.78 is 13.4. The summed E-state index contributed by atoms with van der Waals surface area (Å²) in [5.74, 6) is -1.07. The summed E-state index contributed by atoms with van der Waals surface area (Å²) >= 11 is 0. The van der Waals surface area contributed by atoms with E-state index < -0.39 is 5.91 Å². The Kier molecular flexibility index (Phi) is 8.00. The van der Waals surface area contributed by atoms with E-state index in [9.17, 15) is 18.8 Å². The molecule has 3 N–H and O–H groups in total. The molecular formula is C27H31FN4O4. The second-order valence-electron chi connectivity index (χ2n) is 9.28. The summed E-state index contributed by atoms with van der Waals surface area (Å²) in [4.78, 5) is 41.0. The highest BCUT2D eigenvalue weighted by Crippen LogP contribution is 2.32. The van der Waals surface area contributed by atoms with Crippen molar-refractivity contribution in [2.45, 2.75) is 32.1 Å². The number of amides is 3. The van der Waals surface area contributed by atoms with Gasteiger partial charge in [-0.15, -0.1) is 0 Å². The number of carbonyl (C=O) groups excluding carboxylic acids is 3. The minimum atomic E-state index is -0.650. The standard InChI is InChI=1S/C27H31FN4O4/c1-31-17-20-8-5-19(14-18-6-9-21(28)10-7-18)15-23(22(20)16-24(31)27(35)30-36)26(34)29-11-3-13-32-12-2-4-25(32)33/h5-7,9-10,15-16,36H,2-4,8,11-14,17H2,1H3,(H,29,34)(H,30,35). The van der Waals surface area contributed by atoms with E-state index in [1.807, 2.05) is 11.0 Å². The fourth-order valence-corrected chi connectivity index (χ4v) is 4.78. The fraction of sp³-hybridized carbons (Fsp3) is 0.370. The molecule has 0 spiro atoms. The van der Waals surface area contributed by atoms with Gasteiger partial charge in [0, 0.05) is 45.2 Å². The number of likely N-dealkylation sites (N-methyl/N-ethyl adjacent to an activating group) is 1. The van der Waals surface area contributed by atoms with Gasteiger partial charge in [-0.1, -0.05) is 18.2 Å². The normalized spacial score (nSPS) is 17.8. The highest BCUT2D eigenvalue weighted by atomic mass is 19.1. The lowest BCUT2D eigenvalue weighted by atomic mass is 9.93. The maximum absolute atomic E-state index is 13.4. The first-order chi connectivity index (χ1) is 17.4. The summed E-state index contributed by atoms with van der Waals surface area (Å²) in [5.41, 5.74) is 5.82. The van der Waals surface area contributed by atoms with Crippen LogP contribution in [0.5, 0.6) is 0 Å². The van der Waals surface area contributed by atoms with E-state index >= 15 is 0 Å². The largest absolute Gasteiger partial charge is 0.366 e. The summed E-state index contributed by atoms with van der Waals surface area (Å²) in [6.45, 7) is 2.21. The van der Waals surface area contributed by atoms with Crippen molar-refractivity contribution in [3.63, 3.8) is 0 Å². The maximum atomic E-state index is 13.4. The average molecular weight is 495 g/mol. The van der Waals surface area contributed by atoms with E-state index in [1.54, 1.807) is 35.6 Å². The molecule has 0 unspecified atom stereocenters. The molecule has 190 valence electrons. The van der Waals surface area contributed by atoms with Crippen LogP contribution >= 0.6 is 0 Å². The number of allylic oxidation sites excluding steroid dienone is 4. The van der Waals surface area contributed by atoms with Crippen molar-refractivity contribution in [1.29, 1.82) is 0 Å². The Morgan fingerprint density at radius 2 is 1.92 bits per heavy atom. The van der Waals surface area contributed by atoms with Gasteiger partial charge in [0.15, 0.2) is 0 Å². The Hall–Kier alpha value is -3.72. The minimum absolute atomic E-state index is 0.157. The van der Waals surface area contributed by atoms with Crippen LogP contribution in [0.1, 0.15) is 31.2 Å². The number of nitrogens with one attached hydrogen (secondary N) is 2. The van der Waals surface area contributed by atoms with Crippen LogP contribution in [0.4, 0.5) is 4.39 Å². The number of nitrogens with zero attached hydrogens (tertiary/aromatic N) is 2. The van der Waals surface area contributed by atoms with Crippen LogP contribution < -0.4 is 10.8 Å². The second kappa shape index (κ2) is 11.3. The SMILES string of the molecule is CN1CC2=C(C=C1C(=O)NO)C(C(=O)NCCCN1CCCC1=O)=CC(Cc1ccc(F)cc1)=CC2. The molecule has 1 aromatic carbocycles. The van der Waals surface area contributed by atoms with Gasteiger partial charge in [-0.05, 0) is 72.3 Å². The third kappa shape index (κ3) is 5.91. The van der Waals surface area contributed by atoms with Crippen molar-refractivity contribution < 1.29 is 24.0 Å². The molecule has 1 saturated heterocycles. The van der Waals surface area contributed by atoms with Crippen LogP contribution in [0, 0.1) is 5.82 Å². The topological polar surface area (TPSA) is 102 Å². The average Bonchev–Trinajstić information content (AvgIpc) is 3.20. The van der Waals surface area contributed by atoms with Crippen molar-refractivity contribution in [3.05, 3.63) is 81.9 Å². The van der Waals surface area contributed by atoms with Crippen LogP contribution in [0.3, 0.4) is 0 Å². The van der Waals surface area contributed by atoms with Crippen molar-refractivity contribution >= 4 is 17.7 Å². The molecular weight excluding hydrogens is 463 g/mol. The first-order valence-corrected chi connectivity index (χ1v) is 12.2. The zero-order valence-corrected chi connectivity index (χ0v) is 20.3. The fourth-order valence-electron chi connectivity index (χ4n) is 4.78. The van der Waals surface area contributed by atoms with Gasteiger partial charge in [0.2, 0.25) is 5.91 Å². The Bertz CT molecular complexity index is 1170. The number of hydroxylamine groups is 1. The Morgan fingerprint density at radius 1 is 1.14 bits per heavy atom. The van der Waals surface area contributed by atoms with Crippen LogP contribution in [0.15, 0.2) is 70.5 Å². The zero-order valence-electron chi connectivity index (χ0n) is 20.3. The van der Waals surface area contributed by atoms with Gasteiger partial charge in [-0.3, -0.25) is 19.6 Å². The number of benzene rings is 1. The third-order valence-electron chi connectivity index (χ3n) is 6.69. The van der Waals surface area contributed by atoms with Crippen molar-refractivity contribution in [2.75, 3.05) is 33.2 Å². The molecule has 1 aromatic rings. The molecule has 36 heavy (non-hydrogen) atoms. The van der Waals surface area contributed by atoms with Crippen LogP contribution in [-0.4, -0.2) is 66.0 Å². The van der Waals surface area contributed by atoms with Gasteiger partial charge in [-0.25, -0.2) is 9.87 Å². The van der Waals surface area contributed by atoms with Crippen LogP contribution in [-0.2, 0) is 20.8 Å². The highest BCUT2D eigenvalue weighted by Gasteiger charge is 2.27. The summed E-state index contributed by atoms with van der Waals surface area (Å²) in [7, 11) is 1.75. The zero-order chi connectivity index (χ0) is 25.7. The third-order valence-corrected chi connectivity index (χ3v) is 6.69.